The first-order chi connectivity index (χ1) is 8.31. The van der Waals surface area contributed by atoms with Gasteiger partial charge >= 0.3 is 5.97 Å². The van der Waals surface area contributed by atoms with E-state index >= 15 is 0 Å². The third-order valence-electron chi connectivity index (χ3n) is 3.01. The summed E-state index contributed by atoms with van der Waals surface area (Å²) < 4.78 is 5.09. The van der Waals surface area contributed by atoms with Crippen LogP contribution in [0.1, 0.15) is 36.5 Å². The van der Waals surface area contributed by atoms with Crippen LogP contribution in [0.2, 0.25) is 0 Å². The van der Waals surface area contributed by atoms with E-state index in [1.165, 1.54) is 18.5 Å². The maximum Gasteiger partial charge on any atom is 0.338 e. The topological polar surface area (TPSA) is 29.5 Å². The molecule has 1 fully saturated rings. The van der Waals surface area contributed by atoms with Gasteiger partial charge in [0.15, 0.2) is 0 Å². The van der Waals surface area contributed by atoms with E-state index in [4.69, 9.17) is 4.74 Å². The molecular weight excluding hydrogens is 214 g/mol. The van der Waals surface area contributed by atoms with Gasteiger partial charge in [-0.25, -0.2) is 4.79 Å². The summed E-state index contributed by atoms with van der Waals surface area (Å²) in [5.74, 6) is -0.222. The second-order valence-electron chi connectivity index (χ2n) is 4.38. The van der Waals surface area contributed by atoms with Crippen molar-refractivity contribution in [1.82, 2.24) is 0 Å². The second kappa shape index (κ2) is 5.71. The summed E-state index contributed by atoms with van der Waals surface area (Å²) in [6.45, 7) is 4.73. The Balaban J connectivity index is 1.99. The van der Waals surface area contributed by atoms with Crippen LogP contribution >= 0.6 is 0 Å². The molecule has 1 saturated heterocycles. The number of hydrogen-bond acceptors (Lipinski definition) is 3. The largest absolute Gasteiger partial charge is 0.462 e. The van der Waals surface area contributed by atoms with Crippen molar-refractivity contribution in [1.29, 1.82) is 0 Å². The Bertz CT molecular complexity index is 366. The molecule has 1 aliphatic rings. The number of esters is 1. The lowest BCUT2D eigenvalue weighted by molar-refractivity contribution is 0.0505. The van der Waals surface area contributed by atoms with Crippen LogP contribution in [-0.4, -0.2) is 25.7 Å². The summed E-state index contributed by atoms with van der Waals surface area (Å²) in [6.07, 6.45) is 3.39. The van der Waals surface area contributed by atoms with Gasteiger partial charge in [0.2, 0.25) is 0 Å². The van der Waals surface area contributed by atoms with Crippen LogP contribution in [0.25, 0.3) is 0 Å². The highest BCUT2D eigenvalue weighted by molar-refractivity contribution is 5.89. The van der Waals surface area contributed by atoms with Gasteiger partial charge in [0, 0.05) is 18.8 Å². The molecule has 0 saturated carbocycles. The zero-order chi connectivity index (χ0) is 12.1. The highest BCUT2D eigenvalue weighted by Gasteiger charge is 2.13. The summed E-state index contributed by atoms with van der Waals surface area (Å²) in [6, 6.07) is 7.72. The lowest BCUT2D eigenvalue weighted by Crippen LogP contribution is -2.17. The van der Waals surface area contributed by atoms with E-state index in [2.05, 4.69) is 4.90 Å². The Labute approximate surface area is 102 Å². The van der Waals surface area contributed by atoms with Crippen molar-refractivity contribution in [2.75, 3.05) is 24.6 Å². The first kappa shape index (κ1) is 12.0. The van der Waals surface area contributed by atoms with Gasteiger partial charge in [0.25, 0.3) is 0 Å². The molecule has 3 heteroatoms. The summed E-state index contributed by atoms with van der Waals surface area (Å²) in [4.78, 5) is 13.9. The highest BCUT2D eigenvalue weighted by Crippen LogP contribution is 2.20. The van der Waals surface area contributed by atoms with E-state index in [1.54, 1.807) is 0 Å². The van der Waals surface area contributed by atoms with Crippen molar-refractivity contribution >= 4 is 11.7 Å². The van der Waals surface area contributed by atoms with E-state index in [-0.39, 0.29) is 5.97 Å². The molecule has 0 spiro atoms. The molecule has 17 heavy (non-hydrogen) atoms. The predicted octanol–water partition coefficient (Wildman–Crippen LogP) is 2.85. The maximum atomic E-state index is 11.6. The fourth-order valence-electron chi connectivity index (χ4n) is 2.06. The predicted molar refractivity (Wildman–Crippen MR) is 68.5 cm³/mol. The molecule has 3 nitrogen and oxygen atoms in total. The number of anilines is 1. The lowest BCUT2D eigenvalue weighted by Gasteiger charge is -2.17. The Morgan fingerprint density at radius 1 is 1.24 bits per heavy atom. The van der Waals surface area contributed by atoms with Gasteiger partial charge in [-0.1, -0.05) is 6.92 Å². The molecule has 0 aliphatic carbocycles. The van der Waals surface area contributed by atoms with Crippen molar-refractivity contribution in [3.8, 4) is 0 Å². The summed E-state index contributed by atoms with van der Waals surface area (Å²) in [5, 5.41) is 0. The van der Waals surface area contributed by atoms with Crippen molar-refractivity contribution in [2.24, 2.45) is 0 Å². The van der Waals surface area contributed by atoms with Gasteiger partial charge in [-0.2, -0.15) is 0 Å². The smallest absolute Gasteiger partial charge is 0.338 e. The van der Waals surface area contributed by atoms with E-state index in [0.29, 0.717) is 12.2 Å². The normalized spacial score (nSPS) is 15.0. The Kier molecular flexibility index (Phi) is 4.02. The van der Waals surface area contributed by atoms with Crippen LogP contribution < -0.4 is 4.90 Å². The number of nitrogens with zero attached hydrogens (tertiary/aromatic N) is 1. The molecule has 1 aromatic rings. The first-order valence-electron chi connectivity index (χ1n) is 6.33. The van der Waals surface area contributed by atoms with Crippen LogP contribution in [0.5, 0.6) is 0 Å². The van der Waals surface area contributed by atoms with Crippen molar-refractivity contribution in [2.45, 2.75) is 26.2 Å². The molecule has 0 bridgehead atoms. The van der Waals surface area contributed by atoms with Gasteiger partial charge in [-0.3, -0.25) is 0 Å². The molecule has 1 heterocycles. The zero-order valence-electron chi connectivity index (χ0n) is 10.3. The second-order valence-corrected chi connectivity index (χ2v) is 4.38. The fourth-order valence-corrected chi connectivity index (χ4v) is 2.06. The number of hydrogen-bond donors (Lipinski definition) is 0. The monoisotopic (exact) mass is 233 g/mol. The quantitative estimate of drug-likeness (QED) is 0.749. The molecular formula is C14H19NO2. The van der Waals surface area contributed by atoms with E-state index in [1.807, 2.05) is 31.2 Å². The SMILES string of the molecule is CCCOC(=O)c1ccc(N2CCCC2)cc1. The highest BCUT2D eigenvalue weighted by atomic mass is 16.5. The van der Waals surface area contributed by atoms with Crippen LogP contribution in [0.15, 0.2) is 24.3 Å². The molecule has 0 radical (unpaired) electrons. The van der Waals surface area contributed by atoms with Crippen LogP contribution in [-0.2, 0) is 4.74 Å². The van der Waals surface area contributed by atoms with Gasteiger partial charge < -0.3 is 9.64 Å². The van der Waals surface area contributed by atoms with Crippen molar-refractivity contribution in [3.63, 3.8) is 0 Å². The third-order valence-corrected chi connectivity index (χ3v) is 3.01. The molecule has 1 aliphatic heterocycles. The van der Waals surface area contributed by atoms with Gasteiger partial charge in [0.05, 0.1) is 12.2 Å². The number of carbonyl (C=O) groups excluding carboxylic acids is 1. The molecule has 0 atom stereocenters. The lowest BCUT2D eigenvalue weighted by atomic mass is 10.2. The van der Waals surface area contributed by atoms with Crippen molar-refractivity contribution < 1.29 is 9.53 Å². The fraction of sp³-hybridized carbons (Fsp3) is 0.500. The Hall–Kier alpha value is -1.51. The minimum atomic E-state index is -0.222. The molecule has 0 unspecified atom stereocenters. The average molecular weight is 233 g/mol. The molecule has 2 rings (SSSR count). The van der Waals surface area contributed by atoms with Crippen LogP contribution in [0.3, 0.4) is 0 Å². The van der Waals surface area contributed by atoms with E-state index in [0.717, 1.165) is 19.5 Å². The minimum Gasteiger partial charge on any atom is -0.462 e. The summed E-state index contributed by atoms with van der Waals surface area (Å²) in [7, 11) is 0. The Morgan fingerprint density at radius 2 is 1.88 bits per heavy atom. The molecule has 0 aromatic heterocycles. The zero-order valence-corrected chi connectivity index (χ0v) is 10.3. The molecule has 0 amide bonds. The standard InChI is InChI=1S/C14H19NO2/c1-2-11-17-14(16)12-5-7-13(8-6-12)15-9-3-4-10-15/h5-8H,2-4,9-11H2,1H3. The molecule has 92 valence electrons. The van der Waals surface area contributed by atoms with E-state index in [9.17, 15) is 4.79 Å². The first-order valence-corrected chi connectivity index (χ1v) is 6.33. The van der Waals surface area contributed by atoms with Gasteiger partial charge in [0.1, 0.15) is 0 Å². The number of carbonyl (C=O) groups is 1. The Morgan fingerprint density at radius 3 is 2.47 bits per heavy atom. The van der Waals surface area contributed by atoms with Gasteiger partial charge in [-0.05, 0) is 43.5 Å². The van der Waals surface area contributed by atoms with E-state index < -0.39 is 0 Å². The molecule has 0 N–H and O–H groups in total. The number of rotatable bonds is 4. The van der Waals surface area contributed by atoms with Gasteiger partial charge in [-0.15, -0.1) is 0 Å². The summed E-state index contributed by atoms with van der Waals surface area (Å²) >= 11 is 0. The van der Waals surface area contributed by atoms with Crippen LogP contribution in [0.4, 0.5) is 5.69 Å². The number of benzene rings is 1. The minimum absolute atomic E-state index is 0.222. The summed E-state index contributed by atoms with van der Waals surface area (Å²) in [5.41, 5.74) is 1.84. The van der Waals surface area contributed by atoms with Crippen molar-refractivity contribution in [3.05, 3.63) is 29.8 Å². The average Bonchev–Trinajstić information content (AvgIpc) is 2.90. The molecule has 1 aromatic carbocycles. The number of ether oxygens (including phenoxy) is 1. The third kappa shape index (κ3) is 2.99. The van der Waals surface area contributed by atoms with Crippen LogP contribution in [0, 0.1) is 0 Å². The maximum absolute atomic E-state index is 11.6.